The molecule has 2 atom stereocenters. The fourth-order valence-electron chi connectivity index (χ4n) is 1.89. The Labute approximate surface area is 128 Å². The Bertz CT molecular complexity index is 532. The van der Waals surface area contributed by atoms with E-state index in [1.165, 1.54) is 0 Å². The molecule has 0 bridgehead atoms. The van der Waals surface area contributed by atoms with Crippen LogP contribution in [0, 0.1) is 17.8 Å². The molecular formula is C19H24O2. The monoisotopic (exact) mass is 284 g/mol. The maximum absolute atomic E-state index is 12.3. The number of hydrogen-bond donors (Lipinski definition) is 0. The molecule has 1 aromatic rings. The van der Waals surface area contributed by atoms with E-state index >= 15 is 0 Å². The van der Waals surface area contributed by atoms with Gasteiger partial charge in [0.25, 0.3) is 0 Å². The van der Waals surface area contributed by atoms with Gasteiger partial charge < -0.3 is 4.74 Å². The topological polar surface area (TPSA) is 26.3 Å². The first kappa shape index (κ1) is 17.0. The van der Waals surface area contributed by atoms with E-state index in [0.717, 1.165) is 17.6 Å². The van der Waals surface area contributed by atoms with Gasteiger partial charge in [-0.1, -0.05) is 62.6 Å². The Morgan fingerprint density at radius 2 is 1.86 bits per heavy atom. The first-order valence-electron chi connectivity index (χ1n) is 7.32. The van der Waals surface area contributed by atoms with Gasteiger partial charge in [-0.05, 0) is 37.3 Å². The van der Waals surface area contributed by atoms with Crippen LogP contribution in [0.25, 0.3) is 0 Å². The largest absolute Gasteiger partial charge is 0.449 e. The van der Waals surface area contributed by atoms with Crippen molar-refractivity contribution < 1.29 is 9.53 Å². The summed E-state index contributed by atoms with van der Waals surface area (Å²) in [6, 6.07) is 9.64. The molecule has 0 aromatic heterocycles. The van der Waals surface area contributed by atoms with Crippen molar-refractivity contribution in [2.45, 2.75) is 46.1 Å². The highest BCUT2D eigenvalue weighted by molar-refractivity contribution is 5.78. The smallest absolute Gasteiger partial charge is 0.314 e. The van der Waals surface area contributed by atoms with Gasteiger partial charge in [0, 0.05) is 0 Å². The zero-order chi connectivity index (χ0) is 15.8. The quantitative estimate of drug-likeness (QED) is 0.594. The molecule has 2 unspecified atom stereocenters. The molecule has 0 saturated carbocycles. The molecule has 0 spiro atoms. The molecule has 0 aliphatic carbocycles. The molecule has 1 rings (SSSR count). The predicted molar refractivity (Wildman–Crippen MR) is 86.8 cm³/mol. The highest BCUT2D eigenvalue weighted by Crippen LogP contribution is 2.18. The maximum atomic E-state index is 12.3. The molecule has 0 saturated heterocycles. The van der Waals surface area contributed by atoms with Crippen LogP contribution in [0.5, 0.6) is 0 Å². The van der Waals surface area contributed by atoms with Gasteiger partial charge >= 0.3 is 5.97 Å². The minimum atomic E-state index is -0.375. The normalized spacial score (nSPS) is 13.0. The highest BCUT2D eigenvalue weighted by Gasteiger charge is 2.20. The predicted octanol–water partition coefficient (Wildman–Crippen LogP) is 4.33. The van der Waals surface area contributed by atoms with Gasteiger partial charge in [-0.15, -0.1) is 0 Å². The lowest BCUT2D eigenvalue weighted by atomic mass is 10.0. The Balaban J connectivity index is 2.76. The second kappa shape index (κ2) is 8.32. The molecule has 0 N–H and O–H groups in total. The van der Waals surface area contributed by atoms with Crippen LogP contribution in [0.3, 0.4) is 0 Å². The molecule has 1 aromatic carbocycles. The first-order chi connectivity index (χ1) is 9.90. The number of esters is 1. The van der Waals surface area contributed by atoms with Gasteiger partial charge in [-0.3, -0.25) is 4.79 Å². The van der Waals surface area contributed by atoms with Crippen LogP contribution in [0.2, 0.25) is 0 Å². The summed E-state index contributed by atoms with van der Waals surface area (Å²) in [6.07, 6.45) is 0.355. The zero-order valence-corrected chi connectivity index (χ0v) is 13.3. The first-order valence-corrected chi connectivity index (χ1v) is 7.32. The van der Waals surface area contributed by atoms with E-state index in [4.69, 9.17) is 4.74 Å². The van der Waals surface area contributed by atoms with Crippen molar-refractivity contribution in [1.82, 2.24) is 0 Å². The zero-order valence-electron chi connectivity index (χ0n) is 13.3. The fourth-order valence-corrected chi connectivity index (χ4v) is 1.89. The molecule has 0 heterocycles. The van der Waals surface area contributed by atoms with Gasteiger partial charge in [0.1, 0.15) is 0 Å². The van der Waals surface area contributed by atoms with E-state index in [9.17, 15) is 4.79 Å². The summed E-state index contributed by atoms with van der Waals surface area (Å²) in [4.78, 5) is 12.3. The number of carbonyl (C=O) groups is 1. The van der Waals surface area contributed by atoms with Crippen LogP contribution in [0.4, 0.5) is 0 Å². The number of ether oxygens (including phenoxy) is 1. The summed E-state index contributed by atoms with van der Waals surface area (Å²) >= 11 is 0. The Kier molecular flexibility index (Phi) is 6.75. The second-order valence-electron chi connectivity index (χ2n) is 5.74. The summed E-state index contributed by atoms with van der Waals surface area (Å²) in [7, 11) is 0. The molecule has 0 aliphatic heterocycles. The number of rotatable bonds is 5. The number of carbonyl (C=O) groups excluding carboxylic acids is 1. The minimum absolute atomic E-state index is 0.233. The van der Waals surface area contributed by atoms with E-state index in [1.54, 1.807) is 0 Å². The summed E-state index contributed by atoms with van der Waals surface area (Å²) in [5.41, 5.74) is 1.73. The number of benzene rings is 1. The van der Waals surface area contributed by atoms with Crippen molar-refractivity contribution in [3.63, 3.8) is 0 Å². The van der Waals surface area contributed by atoms with Crippen LogP contribution < -0.4 is 0 Å². The maximum Gasteiger partial charge on any atom is 0.314 e. The average molecular weight is 284 g/mol. The van der Waals surface area contributed by atoms with Crippen molar-refractivity contribution in [2.24, 2.45) is 5.92 Å². The van der Waals surface area contributed by atoms with Crippen molar-refractivity contribution in [2.75, 3.05) is 0 Å². The Hall–Kier alpha value is -2.01. The highest BCUT2D eigenvalue weighted by atomic mass is 16.5. The lowest BCUT2D eigenvalue weighted by molar-refractivity contribution is -0.148. The van der Waals surface area contributed by atoms with Gasteiger partial charge in [0.2, 0.25) is 0 Å². The van der Waals surface area contributed by atoms with Gasteiger partial charge in [-0.25, -0.2) is 0 Å². The van der Waals surface area contributed by atoms with Gasteiger partial charge in [-0.2, -0.15) is 0 Å². The van der Waals surface area contributed by atoms with E-state index in [2.05, 4.69) is 32.3 Å². The summed E-state index contributed by atoms with van der Waals surface area (Å²) in [5, 5.41) is 0. The summed E-state index contributed by atoms with van der Waals surface area (Å²) in [6.45, 7) is 11.6. The third-order valence-corrected chi connectivity index (χ3v) is 3.04. The average Bonchev–Trinajstić information content (AvgIpc) is 2.44. The van der Waals surface area contributed by atoms with Crippen molar-refractivity contribution >= 4 is 5.97 Å². The molecule has 21 heavy (non-hydrogen) atoms. The van der Waals surface area contributed by atoms with Crippen LogP contribution >= 0.6 is 0 Å². The molecule has 0 amide bonds. The van der Waals surface area contributed by atoms with Gasteiger partial charge in [0.05, 0.1) is 5.92 Å². The summed E-state index contributed by atoms with van der Waals surface area (Å²) in [5.74, 6) is 5.80. The SMILES string of the molecule is C=C(C)C#CC(CC(C)C)OC(=O)C(C)c1ccccc1. The molecule has 2 nitrogen and oxygen atoms in total. The van der Waals surface area contributed by atoms with E-state index in [1.807, 2.05) is 44.2 Å². The van der Waals surface area contributed by atoms with Crippen molar-refractivity contribution in [3.8, 4) is 11.8 Å². The second-order valence-corrected chi connectivity index (χ2v) is 5.74. The van der Waals surface area contributed by atoms with E-state index in [0.29, 0.717) is 5.92 Å². The Morgan fingerprint density at radius 3 is 2.38 bits per heavy atom. The molecule has 2 heteroatoms. The fraction of sp³-hybridized carbons (Fsp3) is 0.421. The van der Waals surface area contributed by atoms with Crippen LogP contribution in [0.1, 0.15) is 45.6 Å². The van der Waals surface area contributed by atoms with Crippen molar-refractivity contribution in [3.05, 3.63) is 48.0 Å². The molecular weight excluding hydrogens is 260 g/mol. The van der Waals surface area contributed by atoms with Crippen LogP contribution in [0.15, 0.2) is 42.5 Å². The summed E-state index contributed by atoms with van der Waals surface area (Å²) < 4.78 is 5.57. The lowest BCUT2D eigenvalue weighted by Crippen LogP contribution is -2.22. The molecule has 0 fully saturated rings. The molecule has 0 aliphatic rings. The van der Waals surface area contributed by atoms with Gasteiger partial charge in [0.15, 0.2) is 6.10 Å². The number of hydrogen-bond acceptors (Lipinski definition) is 2. The van der Waals surface area contributed by atoms with Crippen molar-refractivity contribution in [1.29, 1.82) is 0 Å². The van der Waals surface area contributed by atoms with E-state index < -0.39 is 0 Å². The Morgan fingerprint density at radius 1 is 1.24 bits per heavy atom. The number of allylic oxidation sites excluding steroid dienone is 1. The standard InChI is InChI=1S/C19H24O2/c1-14(2)11-12-18(13-15(3)4)21-19(20)16(5)17-9-7-6-8-10-17/h6-10,15-16,18H,1,13H2,2-5H3. The van der Waals surface area contributed by atoms with E-state index in [-0.39, 0.29) is 18.0 Å². The van der Waals surface area contributed by atoms with Crippen LogP contribution in [-0.2, 0) is 9.53 Å². The lowest BCUT2D eigenvalue weighted by Gasteiger charge is -2.18. The minimum Gasteiger partial charge on any atom is -0.449 e. The third-order valence-electron chi connectivity index (χ3n) is 3.04. The third kappa shape index (κ3) is 6.31. The molecule has 112 valence electrons. The van der Waals surface area contributed by atoms with Crippen LogP contribution in [-0.4, -0.2) is 12.1 Å². The molecule has 0 radical (unpaired) electrons.